The topological polar surface area (TPSA) is 121 Å². The second kappa shape index (κ2) is 8.92. The summed E-state index contributed by atoms with van der Waals surface area (Å²) in [7, 11) is 0. The van der Waals surface area contributed by atoms with Gasteiger partial charge in [-0.05, 0) is 48.9 Å². The van der Waals surface area contributed by atoms with E-state index in [0.717, 1.165) is 12.8 Å². The first kappa shape index (κ1) is 25.1. The minimum atomic E-state index is -1.05. The van der Waals surface area contributed by atoms with Crippen molar-refractivity contribution in [3.05, 3.63) is 0 Å². The van der Waals surface area contributed by atoms with Crippen LogP contribution in [0.1, 0.15) is 79.1 Å². The SMILES string of the molecule is CC[C@@H]1CC1(CC(=O)[C@@H]1C[C@@H](O)CN1C(=O)[C@@H](CC(=O)OC1CC2C[C@H]2C1)C(C)(C)C)C(=O)O. The second-order valence-electron chi connectivity index (χ2n) is 12.3. The van der Waals surface area contributed by atoms with E-state index in [4.69, 9.17) is 4.74 Å². The third-order valence-electron chi connectivity index (χ3n) is 8.79. The third-order valence-corrected chi connectivity index (χ3v) is 8.79. The number of fused-ring (bicyclic) bond motifs is 1. The van der Waals surface area contributed by atoms with Gasteiger partial charge in [0.15, 0.2) is 5.78 Å². The lowest BCUT2D eigenvalue weighted by Gasteiger charge is -2.35. The van der Waals surface area contributed by atoms with E-state index in [1.54, 1.807) is 0 Å². The van der Waals surface area contributed by atoms with Gasteiger partial charge in [-0.25, -0.2) is 0 Å². The van der Waals surface area contributed by atoms with Crippen LogP contribution >= 0.6 is 0 Å². The fourth-order valence-electron chi connectivity index (χ4n) is 6.38. The van der Waals surface area contributed by atoms with Crippen LogP contribution in [0.3, 0.4) is 0 Å². The number of aliphatic hydroxyl groups excluding tert-OH is 1. The van der Waals surface area contributed by atoms with Gasteiger partial charge in [-0.3, -0.25) is 19.2 Å². The molecule has 8 heteroatoms. The summed E-state index contributed by atoms with van der Waals surface area (Å²) in [6.07, 6.45) is 3.18. The van der Waals surface area contributed by atoms with Crippen LogP contribution in [0, 0.1) is 34.5 Å². The number of ether oxygens (including phenoxy) is 1. The molecule has 2 N–H and O–H groups in total. The van der Waals surface area contributed by atoms with E-state index in [1.807, 2.05) is 27.7 Å². The van der Waals surface area contributed by atoms with Gasteiger partial charge in [0.1, 0.15) is 6.10 Å². The highest BCUT2D eigenvalue weighted by atomic mass is 16.5. The number of hydrogen-bond donors (Lipinski definition) is 2. The van der Waals surface area contributed by atoms with Gasteiger partial charge in [0.25, 0.3) is 0 Å². The van der Waals surface area contributed by atoms with E-state index in [9.17, 15) is 29.4 Å². The highest BCUT2D eigenvalue weighted by Crippen LogP contribution is 2.57. The van der Waals surface area contributed by atoms with Gasteiger partial charge < -0.3 is 19.8 Å². The largest absolute Gasteiger partial charge is 0.481 e. The van der Waals surface area contributed by atoms with Gasteiger partial charge in [0.05, 0.1) is 29.9 Å². The van der Waals surface area contributed by atoms with E-state index in [-0.39, 0.29) is 49.5 Å². The fraction of sp³-hybridized carbons (Fsp3) is 0.846. The third kappa shape index (κ3) is 4.88. The number of β-amino-alcohol motifs (C(OH)–C–C–N with tert-alkyl or cyclic N) is 1. The van der Waals surface area contributed by atoms with Crippen LogP contribution < -0.4 is 0 Å². The summed E-state index contributed by atoms with van der Waals surface area (Å²) < 4.78 is 5.68. The number of amides is 1. The Labute approximate surface area is 201 Å². The van der Waals surface area contributed by atoms with Crippen molar-refractivity contribution in [3.63, 3.8) is 0 Å². The molecular weight excluding hydrogens is 438 g/mol. The Bertz CT molecular complexity index is 854. The Balaban J connectivity index is 1.44. The second-order valence-corrected chi connectivity index (χ2v) is 12.3. The highest BCUT2D eigenvalue weighted by molar-refractivity contribution is 5.95. The maximum Gasteiger partial charge on any atom is 0.310 e. The van der Waals surface area contributed by atoms with Crippen LogP contribution in [0.5, 0.6) is 0 Å². The highest BCUT2D eigenvalue weighted by Gasteiger charge is 2.61. The maximum absolute atomic E-state index is 13.7. The molecule has 8 nitrogen and oxygen atoms in total. The van der Waals surface area contributed by atoms with Crippen molar-refractivity contribution in [3.8, 4) is 0 Å². The molecule has 34 heavy (non-hydrogen) atoms. The lowest BCUT2D eigenvalue weighted by atomic mass is 9.77. The summed E-state index contributed by atoms with van der Waals surface area (Å²) >= 11 is 0. The van der Waals surface area contributed by atoms with E-state index in [2.05, 4.69) is 0 Å². The number of nitrogens with zero attached hydrogens (tertiary/aromatic N) is 1. The summed E-state index contributed by atoms with van der Waals surface area (Å²) in [5.74, 6) is -1.39. The number of aliphatic carboxylic acids is 1. The lowest BCUT2D eigenvalue weighted by Crippen LogP contribution is -2.48. The van der Waals surface area contributed by atoms with Crippen LogP contribution in [0.15, 0.2) is 0 Å². The van der Waals surface area contributed by atoms with Crippen molar-refractivity contribution < 1.29 is 34.1 Å². The van der Waals surface area contributed by atoms with Crippen molar-refractivity contribution in [2.24, 2.45) is 34.5 Å². The lowest BCUT2D eigenvalue weighted by molar-refractivity contribution is -0.157. The molecule has 3 aliphatic carbocycles. The molecule has 8 atom stereocenters. The molecule has 4 fully saturated rings. The van der Waals surface area contributed by atoms with Crippen LogP contribution in [0.25, 0.3) is 0 Å². The number of Topliss-reactive ketones (excluding diaryl/α,β-unsaturated/α-hetero) is 1. The standard InChI is InChI=1S/C26H39NO7/c1-5-16-11-26(16,24(32)33)12-21(29)20-9-17(28)13-27(20)23(31)19(25(2,3)4)10-22(30)34-18-7-14-6-15(14)8-18/h14-20,28H,5-13H2,1-4H3,(H,32,33)/t14-,15?,16+,17+,18?,19+,20-,26?/m0/s1. The monoisotopic (exact) mass is 477 g/mol. The fourth-order valence-corrected chi connectivity index (χ4v) is 6.38. The minimum absolute atomic E-state index is 0.0140. The number of ketones is 1. The maximum atomic E-state index is 13.7. The molecule has 1 aliphatic heterocycles. The van der Waals surface area contributed by atoms with E-state index in [0.29, 0.717) is 24.7 Å². The summed E-state index contributed by atoms with van der Waals surface area (Å²) in [6.45, 7) is 7.57. The Hall–Kier alpha value is -1.96. The molecule has 3 unspecified atom stereocenters. The summed E-state index contributed by atoms with van der Waals surface area (Å²) in [5.41, 5.74) is -1.61. The molecule has 0 aromatic heterocycles. The molecular formula is C26H39NO7. The molecule has 0 bridgehead atoms. The molecule has 4 rings (SSSR count). The first-order valence-corrected chi connectivity index (χ1v) is 12.8. The number of likely N-dealkylation sites (tertiary alicyclic amines) is 1. The average molecular weight is 478 g/mol. The van der Waals surface area contributed by atoms with Gasteiger partial charge in [0.2, 0.25) is 5.91 Å². The number of esters is 1. The first-order chi connectivity index (χ1) is 15.9. The Morgan fingerprint density at radius 3 is 2.26 bits per heavy atom. The molecule has 1 saturated heterocycles. The number of carbonyl (C=O) groups is 4. The number of rotatable bonds is 9. The molecule has 4 aliphatic rings. The number of carbonyl (C=O) groups excluding carboxylic acids is 3. The Morgan fingerprint density at radius 1 is 1.09 bits per heavy atom. The van der Waals surface area contributed by atoms with Crippen LogP contribution in [0.2, 0.25) is 0 Å². The van der Waals surface area contributed by atoms with Crippen molar-refractivity contribution in [1.29, 1.82) is 0 Å². The van der Waals surface area contributed by atoms with Gasteiger partial charge in [-0.1, -0.05) is 34.1 Å². The Morgan fingerprint density at radius 2 is 1.74 bits per heavy atom. The molecule has 3 saturated carbocycles. The minimum Gasteiger partial charge on any atom is -0.481 e. The van der Waals surface area contributed by atoms with Gasteiger partial charge >= 0.3 is 11.9 Å². The van der Waals surface area contributed by atoms with Crippen LogP contribution in [0.4, 0.5) is 0 Å². The molecule has 1 amide bonds. The van der Waals surface area contributed by atoms with E-state index < -0.39 is 40.8 Å². The Kier molecular flexibility index (Phi) is 6.60. The molecule has 1 heterocycles. The number of carboxylic acids is 1. The zero-order chi connectivity index (χ0) is 25.0. The van der Waals surface area contributed by atoms with Crippen LogP contribution in [-0.4, -0.2) is 63.5 Å². The summed E-state index contributed by atoms with van der Waals surface area (Å²) in [4.78, 5) is 52.9. The zero-order valence-corrected chi connectivity index (χ0v) is 20.8. The smallest absolute Gasteiger partial charge is 0.310 e. The van der Waals surface area contributed by atoms with Gasteiger partial charge in [-0.2, -0.15) is 0 Å². The zero-order valence-electron chi connectivity index (χ0n) is 20.8. The predicted molar refractivity (Wildman–Crippen MR) is 122 cm³/mol. The quantitative estimate of drug-likeness (QED) is 0.490. The molecule has 0 aromatic carbocycles. The average Bonchev–Trinajstić information content (AvgIpc) is 3.56. The molecule has 0 radical (unpaired) electrons. The van der Waals surface area contributed by atoms with Crippen LogP contribution in [-0.2, 0) is 23.9 Å². The number of hydrogen-bond acceptors (Lipinski definition) is 6. The van der Waals surface area contributed by atoms with E-state index >= 15 is 0 Å². The molecule has 0 aromatic rings. The van der Waals surface area contributed by atoms with E-state index in [1.165, 1.54) is 11.3 Å². The summed E-state index contributed by atoms with van der Waals surface area (Å²) in [5, 5.41) is 20.0. The van der Waals surface area contributed by atoms with Gasteiger partial charge in [-0.15, -0.1) is 0 Å². The molecule has 190 valence electrons. The summed E-state index contributed by atoms with van der Waals surface area (Å²) in [6, 6.07) is -0.861. The van der Waals surface area contributed by atoms with Crippen molar-refractivity contribution in [1.82, 2.24) is 4.90 Å². The first-order valence-electron chi connectivity index (χ1n) is 12.8. The molecule has 0 spiro atoms. The number of aliphatic hydroxyl groups is 1. The van der Waals surface area contributed by atoms with Gasteiger partial charge in [0, 0.05) is 19.4 Å². The number of carboxylic acid groups (broad SMARTS) is 1. The normalized spacial score (nSPS) is 37.1. The van der Waals surface area contributed by atoms with Crippen molar-refractivity contribution in [2.45, 2.75) is 97.3 Å². The van der Waals surface area contributed by atoms with Crippen molar-refractivity contribution in [2.75, 3.05) is 6.54 Å². The van der Waals surface area contributed by atoms with Crippen molar-refractivity contribution >= 4 is 23.6 Å². The predicted octanol–water partition coefficient (Wildman–Crippen LogP) is 2.80.